The molecular formula is C40H34N4. The van der Waals surface area contributed by atoms with Gasteiger partial charge in [0.15, 0.2) is 0 Å². The van der Waals surface area contributed by atoms with Crippen molar-refractivity contribution in [2.45, 2.75) is 27.7 Å². The average Bonchev–Trinajstić information content (AvgIpc) is 3.00. The number of anilines is 6. The minimum Gasteiger partial charge on any atom is -0.295 e. The molecule has 0 unspecified atom stereocenters. The van der Waals surface area contributed by atoms with E-state index in [1.165, 1.54) is 43.8 Å². The number of fused-ring (bicyclic) bond motifs is 2. The maximum absolute atomic E-state index is 4.72. The number of hydrogen-bond donors (Lipinski definition) is 0. The molecule has 0 N–H and O–H groups in total. The molecule has 0 saturated heterocycles. The van der Waals surface area contributed by atoms with Crippen LogP contribution in [0.3, 0.4) is 0 Å². The first kappa shape index (κ1) is 27.4. The summed E-state index contributed by atoms with van der Waals surface area (Å²) in [7, 11) is 0. The highest BCUT2D eigenvalue weighted by Gasteiger charge is 2.17. The lowest BCUT2D eigenvalue weighted by Gasteiger charge is -2.26. The van der Waals surface area contributed by atoms with E-state index in [2.05, 4.69) is 135 Å². The quantitative estimate of drug-likeness (QED) is 0.186. The molecule has 0 spiro atoms. The second kappa shape index (κ2) is 11.3. The smallest absolute Gasteiger partial charge is 0.137 e. The van der Waals surface area contributed by atoms with Crippen LogP contribution in [-0.4, -0.2) is 9.97 Å². The highest BCUT2D eigenvalue weighted by Crippen LogP contribution is 2.39. The predicted molar refractivity (Wildman–Crippen MR) is 185 cm³/mol. The van der Waals surface area contributed by atoms with Gasteiger partial charge in [-0.25, -0.2) is 9.97 Å². The summed E-state index contributed by atoms with van der Waals surface area (Å²) in [5.41, 5.74) is 9.27. The number of nitrogens with zero attached hydrogens (tertiary/aromatic N) is 4. The van der Waals surface area contributed by atoms with Crippen molar-refractivity contribution >= 4 is 55.9 Å². The third kappa shape index (κ3) is 5.38. The van der Waals surface area contributed by atoms with Gasteiger partial charge in [-0.1, -0.05) is 36.4 Å². The molecule has 0 aliphatic heterocycles. The Morgan fingerprint density at radius 1 is 0.364 bits per heavy atom. The Hall–Kier alpha value is -5.48. The molecule has 0 aliphatic rings. The van der Waals surface area contributed by atoms with Gasteiger partial charge in [-0.05, 0) is 156 Å². The van der Waals surface area contributed by atoms with Crippen molar-refractivity contribution in [3.8, 4) is 0 Å². The largest absolute Gasteiger partial charge is 0.295 e. The number of pyridine rings is 2. The number of aromatic nitrogens is 2. The van der Waals surface area contributed by atoms with Gasteiger partial charge >= 0.3 is 0 Å². The Morgan fingerprint density at radius 3 is 1.14 bits per heavy atom. The van der Waals surface area contributed by atoms with Crippen molar-refractivity contribution in [2.75, 3.05) is 9.80 Å². The Kier molecular flexibility index (Phi) is 7.03. The summed E-state index contributed by atoms with van der Waals surface area (Å²) in [5.74, 6) is 1.78. The van der Waals surface area contributed by atoms with Crippen LogP contribution in [-0.2, 0) is 0 Å². The van der Waals surface area contributed by atoms with Crippen LogP contribution >= 0.6 is 0 Å². The molecule has 2 aromatic heterocycles. The van der Waals surface area contributed by atoms with Crippen molar-refractivity contribution in [2.24, 2.45) is 0 Å². The van der Waals surface area contributed by atoms with Crippen LogP contribution in [0.4, 0.5) is 34.4 Å². The Balaban J connectivity index is 1.34. The van der Waals surface area contributed by atoms with Crippen molar-refractivity contribution in [3.05, 3.63) is 156 Å². The summed E-state index contributed by atoms with van der Waals surface area (Å²) in [6, 6.07) is 43.3. The topological polar surface area (TPSA) is 32.3 Å². The molecule has 7 rings (SSSR count). The van der Waals surface area contributed by atoms with Crippen LogP contribution < -0.4 is 9.80 Å². The molecular weight excluding hydrogens is 536 g/mol. The predicted octanol–water partition coefficient (Wildman–Crippen LogP) is 11.0. The van der Waals surface area contributed by atoms with Gasteiger partial charge in [-0.15, -0.1) is 0 Å². The van der Waals surface area contributed by atoms with E-state index in [0.717, 1.165) is 34.4 Å². The van der Waals surface area contributed by atoms with Gasteiger partial charge in [-0.2, -0.15) is 0 Å². The van der Waals surface area contributed by atoms with Gasteiger partial charge in [0.05, 0.1) is 0 Å². The van der Waals surface area contributed by atoms with Crippen molar-refractivity contribution in [3.63, 3.8) is 0 Å². The van der Waals surface area contributed by atoms with Crippen LogP contribution in [0.5, 0.6) is 0 Å². The van der Waals surface area contributed by atoms with E-state index in [1.54, 1.807) is 0 Å². The molecule has 0 radical (unpaired) electrons. The molecule has 0 atom stereocenters. The normalized spacial score (nSPS) is 11.2. The summed E-state index contributed by atoms with van der Waals surface area (Å²) in [5, 5.41) is 4.75. The Labute approximate surface area is 258 Å². The second-order valence-electron chi connectivity index (χ2n) is 11.7. The van der Waals surface area contributed by atoms with Gasteiger partial charge in [-0.3, -0.25) is 9.80 Å². The van der Waals surface area contributed by atoms with Gasteiger partial charge in [0.2, 0.25) is 0 Å². The molecule has 2 heterocycles. The molecule has 4 nitrogen and oxygen atoms in total. The fourth-order valence-corrected chi connectivity index (χ4v) is 6.21. The third-order valence-electron chi connectivity index (χ3n) is 7.97. The highest BCUT2D eigenvalue weighted by atomic mass is 15.2. The summed E-state index contributed by atoms with van der Waals surface area (Å²) < 4.78 is 0. The number of hydrogen-bond acceptors (Lipinski definition) is 4. The van der Waals surface area contributed by atoms with Crippen LogP contribution in [0.25, 0.3) is 21.5 Å². The molecule has 0 saturated carbocycles. The fraction of sp³-hybridized carbons (Fsp3) is 0.100. The molecule has 0 aliphatic carbocycles. The minimum absolute atomic E-state index is 0.892. The van der Waals surface area contributed by atoms with Gasteiger partial charge < -0.3 is 0 Å². The summed E-state index contributed by atoms with van der Waals surface area (Å²) in [4.78, 5) is 13.9. The molecule has 0 amide bonds. The zero-order valence-corrected chi connectivity index (χ0v) is 25.5. The summed E-state index contributed by atoms with van der Waals surface area (Å²) in [6.45, 7) is 8.57. The Morgan fingerprint density at radius 2 is 0.773 bits per heavy atom. The minimum atomic E-state index is 0.892. The van der Waals surface area contributed by atoms with Crippen LogP contribution in [0.1, 0.15) is 22.3 Å². The molecule has 44 heavy (non-hydrogen) atoms. The fourth-order valence-electron chi connectivity index (χ4n) is 6.21. The number of rotatable bonds is 6. The van der Waals surface area contributed by atoms with Gasteiger partial charge in [0.25, 0.3) is 0 Å². The zero-order valence-electron chi connectivity index (χ0n) is 25.5. The molecule has 4 heteroatoms. The summed E-state index contributed by atoms with van der Waals surface area (Å²) >= 11 is 0. The molecule has 0 bridgehead atoms. The van der Waals surface area contributed by atoms with Crippen molar-refractivity contribution in [1.82, 2.24) is 9.97 Å². The lowest BCUT2D eigenvalue weighted by molar-refractivity contribution is 1.17. The standard InChI is InChI=1S/C40H34N4/c1-27-17-28(2)20-37(19-27)43(39-9-5-7-15-41-39)35-13-11-31-24-34-26-36(14-12-32(34)23-33(31)25-35)44(40-10-6-8-16-42-40)38-21-29(3)18-30(4)22-38/h5-26H,1-4H3. The average molecular weight is 571 g/mol. The number of benzene rings is 5. The first-order valence-electron chi connectivity index (χ1n) is 15.0. The van der Waals surface area contributed by atoms with Crippen molar-refractivity contribution < 1.29 is 0 Å². The maximum Gasteiger partial charge on any atom is 0.137 e. The van der Waals surface area contributed by atoms with Gasteiger partial charge in [0, 0.05) is 35.1 Å². The monoisotopic (exact) mass is 570 g/mol. The SMILES string of the molecule is Cc1cc(C)cc(N(c2ccc3cc4cc(N(c5cc(C)cc(C)c5)c5ccccn5)ccc4cc3c2)c2ccccn2)c1. The molecule has 5 aromatic carbocycles. The van der Waals surface area contributed by atoms with E-state index < -0.39 is 0 Å². The first-order chi connectivity index (χ1) is 21.4. The Bertz CT molecular complexity index is 1930. The van der Waals surface area contributed by atoms with Crippen LogP contribution in [0, 0.1) is 27.7 Å². The lowest BCUT2D eigenvalue weighted by atomic mass is 10.0. The highest BCUT2D eigenvalue weighted by molar-refractivity contribution is 6.01. The molecule has 7 aromatic rings. The lowest BCUT2D eigenvalue weighted by Crippen LogP contribution is -2.12. The van der Waals surface area contributed by atoms with Crippen LogP contribution in [0.15, 0.2) is 134 Å². The van der Waals surface area contributed by atoms with E-state index in [0.29, 0.717) is 0 Å². The maximum atomic E-state index is 4.72. The van der Waals surface area contributed by atoms with E-state index in [1.807, 2.05) is 36.7 Å². The van der Waals surface area contributed by atoms with Crippen LogP contribution in [0.2, 0.25) is 0 Å². The third-order valence-corrected chi connectivity index (χ3v) is 7.97. The van der Waals surface area contributed by atoms with E-state index >= 15 is 0 Å². The van der Waals surface area contributed by atoms with E-state index in [4.69, 9.17) is 9.97 Å². The zero-order chi connectivity index (χ0) is 30.2. The first-order valence-corrected chi connectivity index (χ1v) is 15.0. The number of aryl methyl sites for hydroxylation is 4. The molecule has 214 valence electrons. The summed E-state index contributed by atoms with van der Waals surface area (Å²) in [6.07, 6.45) is 3.70. The van der Waals surface area contributed by atoms with Crippen molar-refractivity contribution in [1.29, 1.82) is 0 Å². The van der Waals surface area contributed by atoms with E-state index in [-0.39, 0.29) is 0 Å². The van der Waals surface area contributed by atoms with Gasteiger partial charge in [0.1, 0.15) is 11.6 Å². The second-order valence-corrected chi connectivity index (χ2v) is 11.7. The molecule has 0 fully saturated rings. The van der Waals surface area contributed by atoms with E-state index in [9.17, 15) is 0 Å².